The van der Waals surface area contributed by atoms with E-state index in [1.807, 2.05) is 0 Å². The van der Waals surface area contributed by atoms with Crippen LogP contribution in [-0.4, -0.2) is 29.8 Å². The number of fused-ring (bicyclic) bond motifs is 7. The molecule has 1 atom stereocenters. The maximum atomic E-state index is 5.57. The minimum atomic E-state index is -0.148. The average molecular weight is 875 g/mol. The molecule has 2 aliphatic carbocycles. The first kappa shape index (κ1) is 39.8. The smallest absolute Gasteiger partial charge is 0.138 e. The van der Waals surface area contributed by atoms with Crippen molar-refractivity contribution in [1.82, 2.24) is 24.1 Å². The van der Waals surface area contributed by atoms with E-state index in [9.17, 15) is 0 Å². The number of para-hydroxylation sites is 2. The third kappa shape index (κ3) is 6.96. The summed E-state index contributed by atoms with van der Waals surface area (Å²) in [6, 6.07) is 60.3. The lowest BCUT2D eigenvalue weighted by Crippen LogP contribution is -2.13. The first-order valence-corrected chi connectivity index (χ1v) is 23.8. The quantitative estimate of drug-likeness (QED) is 0.153. The fraction of sp³-hybridized carbons (Fsp3) is 0.0968. The van der Waals surface area contributed by atoms with Gasteiger partial charge in [-0.1, -0.05) is 152 Å². The highest BCUT2D eigenvalue weighted by Gasteiger charge is 2.25. The van der Waals surface area contributed by atoms with Crippen LogP contribution in [0.5, 0.6) is 0 Å². The van der Waals surface area contributed by atoms with Gasteiger partial charge in [0, 0.05) is 28.0 Å². The van der Waals surface area contributed by atoms with Crippen LogP contribution in [0.15, 0.2) is 223 Å². The molecule has 6 heteroatoms. The lowest BCUT2D eigenvalue weighted by molar-refractivity contribution is 0.716. The van der Waals surface area contributed by atoms with Gasteiger partial charge < -0.3 is 0 Å². The van der Waals surface area contributed by atoms with Crippen LogP contribution in [0.4, 0.5) is 0 Å². The lowest BCUT2D eigenvalue weighted by atomic mass is 9.90. The van der Waals surface area contributed by atoms with Crippen molar-refractivity contribution in [2.24, 2.45) is 4.99 Å². The molecule has 6 nitrogen and oxygen atoms in total. The van der Waals surface area contributed by atoms with Crippen LogP contribution in [0.3, 0.4) is 0 Å². The Morgan fingerprint density at radius 1 is 0.485 bits per heavy atom. The SMILES string of the molecule is C1=CCCC(c2cc(-c3ccccc3)cc(-c3cccc(-n4c5ccccc5c5c4ccc4c6ccccc6n(-c6cccc(C7CC(c8ccccc8)=CC(C8=CCCC=C8)=N7)n6)c45)n3)n2)=C1. The fourth-order valence-corrected chi connectivity index (χ4v) is 10.5. The van der Waals surface area contributed by atoms with E-state index in [4.69, 9.17) is 19.9 Å². The summed E-state index contributed by atoms with van der Waals surface area (Å²) < 4.78 is 4.70. The van der Waals surface area contributed by atoms with Gasteiger partial charge >= 0.3 is 0 Å². The topological polar surface area (TPSA) is 60.9 Å². The second-order valence-electron chi connectivity index (χ2n) is 17.9. The van der Waals surface area contributed by atoms with Gasteiger partial charge in [0.1, 0.15) is 11.6 Å². The van der Waals surface area contributed by atoms with E-state index in [1.165, 1.54) is 33.1 Å². The van der Waals surface area contributed by atoms with Crippen LogP contribution < -0.4 is 0 Å². The highest BCUT2D eigenvalue weighted by Crippen LogP contribution is 2.43. The Kier molecular flexibility index (Phi) is 9.81. The summed E-state index contributed by atoms with van der Waals surface area (Å²) in [6.07, 6.45) is 20.5. The van der Waals surface area contributed by atoms with E-state index < -0.39 is 0 Å². The van der Waals surface area contributed by atoms with Crippen LogP contribution >= 0.6 is 0 Å². The van der Waals surface area contributed by atoms with Crippen molar-refractivity contribution in [2.75, 3.05) is 0 Å². The molecule has 0 spiro atoms. The molecular formula is C62H46N6. The molecule has 324 valence electrons. The number of hydrogen-bond acceptors (Lipinski definition) is 4. The second kappa shape index (κ2) is 16.7. The molecular weight excluding hydrogens is 829 g/mol. The highest BCUT2D eigenvalue weighted by molar-refractivity contribution is 6.26. The first-order chi connectivity index (χ1) is 33.7. The van der Waals surface area contributed by atoms with Crippen molar-refractivity contribution in [3.05, 3.63) is 235 Å². The van der Waals surface area contributed by atoms with Crippen LogP contribution in [0.2, 0.25) is 0 Å². The number of aromatic nitrogens is 5. The maximum Gasteiger partial charge on any atom is 0.138 e. The zero-order valence-electron chi connectivity index (χ0n) is 37.5. The number of nitrogens with zero attached hydrogens (tertiary/aromatic N) is 6. The van der Waals surface area contributed by atoms with Crippen molar-refractivity contribution in [3.63, 3.8) is 0 Å². The van der Waals surface area contributed by atoms with Crippen molar-refractivity contribution < 1.29 is 0 Å². The third-order valence-corrected chi connectivity index (χ3v) is 13.8. The van der Waals surface area contributed by atoms with Gasteiger partial charge in [0.15, 0.2) is 0 Å². The predicted molar refractivity (Wildman–Crippen MR) is 281 cm³/mol. The van der Waals surface area contributed by atoms with Gasteiger partial charge in [-0.15, -0.1) is 0 Å². The van der Waals surface area contributed by atoms with Gasteiger partial charge in [0.05, 0.1) is 56.6 Å². The standard InChI is InChI=1S/C62H46N6/c1-5-19-41(20-6-1)45-37-52(43-23-9-3-10-24-43)63-54(39-45)50-29-17-33-59(65-50)67-57-32-16-14-28-49(57)61-58(67)36-35-48-47-27-13-15-31-56(47)68(62(48)61)60-34-18-30-51(66-60)55-40-46(42-21-7-2-8-22-42)38-53(64-55)44-25-11-4-12-26-44/h1-3,5-9,11,13-23,25-39,55H,4,10,12,24,40H2. The molecule has 5 aromatic carbocycles. The summed E-state index contributed by atoms with van der Waals surface area (Å²) in [6.45, 7) is 0. The number of rotatable bonds is 8. The van der Waals surface area contributed by atoms with E-state index >= 15 is 0 Å². The van der Waals surface area contributed by atoms with Crippen molar-refractivity contribution in [2.45, 2.75) is 38.1 Å². The average Bonchev–Trinajstić information content (AvgIpc) is 3.95. The molecule has 5 aromatic heterocycles. The summed E-state index contributed by atoms with van der Waals surface area (Å²) in [4.78, 5) is 21.8. The highest BCUT2D eigenvalue weighted by atomic mass is 15.1. The zero-order chi connectivity index (χ0) is 45.0. The Hall–Kier alpha value is -8.48. The molecule has 0 bridgehead atoms. The molecule has 0 saturated heterocycles. The molecule has 0 fully saturated rings. The number of hydrogen-bond donors (Lipinski definition) is 0. The number of aliphatic imine (C=N–C) groups is 1. The van der Waals surface area contributed by atoms with E-state index in [2.05, 4.69) is 222 Å². The van der Waals surface area contributed by atoms with Gasteiger partial charge in [0.25, 0.3) is 0 Å². The van der Waals surface area contributed by atoms with Crippen LogP contribution in [0.1, 0.15) is 55.1 Å². The minimum Gasteiger partial charge on any atom is -0.294 e. The molecule has 0 radical (unpaired) electrons. The van der Waals surface area contributed by atoms with Gasteiger partial charge in [-0.25, -0.2) is 15.0 Å². The maximum absolute atomic E-state index is 5.57. The molecule has 1 aliphatic heterocycles. The number of allylic oxidation sites excluding steroid dienone is 9. The molecule has 10 aromatic rings. The van der Waals surface area contributed by atoms with Crippen molar-refractivity contribution in [3.8, 4) is 34.2 Å². The molecule has 0 saturated carbocycles. The fourth-order valence-electron chi connectivity index (χ4n) is 10.5. The van der Waals surface area contributed by atoms with E-state index in [-0.39, 0.29) is 6.04 Å². The number of pyridine rings is 3. The Morgan fingerprint density at radius 2 is 1.22 bits per heavy atom. The molecule has 13 rings (SSSR count). The molecule has 68 heavy (non-hydrogen) atoms. The van der Waals surface area contributed by atoms with E-state index in [0.717, 1.165) is 116 Å². The van der Waals surface area contributed by atoms with Gasteiger partial charge in [-0.3, -0.25) is 14.1 Å². The number of benzene rings is 5. The summed E-state index contributed by atoms with van der Waals surface area (Å²) in [5.41, 5.74) is 16.2. The van der Waals surface area contributed by atoms with Crippen LogP contribution in [0, 0.1) is 0 Å². The zero-order valence-corrected chi connectivity index (χ0v) is 37.5. The molecule has 3 aliphatic rings. The van der Waals surface area contributed by atoms with E-state index in [1.54, 1.807) is 0 Å². The van der Waals surface area contributed by atoms with E-state index in [0.29, 0.717) is 0 Å². The van der Waals surface area contributed by atoms with Crippen molar-refractivity contribution >= 4 is 60.5 Å². The van der Waals surface area contributed by atoms with Crippen LogP contribution in [-0.2, 0) is 0 Å². The minimum absolute atomic E-state index is 0.148. The summed E-state index contributed by atoms with van der Waals surface area (Å²) in [5, 5.41) is 4.66. The summed E-state index contributed by atoms with van der Waals surface area (Å²) >= 11 is 0. The Bertz CT molecular complexity index is 3820. The second-order valence-corrected chi connectivity index (χ2v) is 17.9. The third-order valence-electron chi connectivity index (χ3n) is 13.8. The molecule has 1 unspecified atom stereocenters. The largest absolute Gasteiger partial charge is 0.294 e. The molecule has 0 amide bonds. The normalized spacial score (nSPS) is 16.0. The van der Waals surface area contributed by atoms with Gasteiger partial charge in [-0.05, 0) is 120 Å². The Labute approximate surface area is 395 Å². The predicted octanol–water partition coefficient (Wildman–Crippen LogP) is 15.4. The lowest BCUT2D eigenvalue weighted by Gasteiger charge is -2.23. The Balaban J connectivity index is 0.981. The summed E-state index contributed by atoms with van der Waals surface area (Å²) in [7, 11) is 0. The molecule has 0 N–H and O–H groups in total. The van der Waals surface area contributed by atoms with Crippen molar-refractivity contribution in [1.29, 1.82) is 0 Å². The first-order valence-electron chi connectivity index (χ1n) is 23.8. The monoisotopic (exact) mass is 874 g/mol. The summed E-state index contributed by atoms with van der Waals surface area (Å²) in [5.74, 6) is 1.70. The number of dihydropyridines is 1. The van der Waals surface area contributed by atoms with Gasteiger partial charge in [-0.2, -0.15) is 0 Å². The molecule has 6 heterocycles. The Morgan fingerprint density at radius 3 is 2.01 bits per heavy atom. The van der Waals surface area contributed by atoms with Gasteiger partial charge in [0.2, 0.25) is 0 Å². The van der Waals surface area contributed by atoms with Crippen LogP contribution in [0.25, 0.3) is 88.9 Å².